The fourth-order valence-corrected chi connectivity index (χ4v) is 3.45. The summed E-state index contributed by atoms with van der Waals surface area (Å²) < 4.78 is 0.416. The summed E-state index contributed by atoms with van der Waals surface area (Å²) >= 11 is 8.12. The van der Waals surface area contributed by atoms with Crippen LogP contribution in [0.25, 0.3) is 0 Å². The second-order valence-electron chi connectivity index (χ2n) is 4.47. The molecule has 2 rings (SSSR count). The van der Waals surface area contributed by atoms with Crippen LogP contribution in [0.5, 0.6) is 0 Å². The fourth-order valence-electron chi connectivity index (χ4n) is 1.99. The van der Waals surface area contributed by atoms with E-state index < -0.39 is 0 Å². The predicted octanol–water partition coefficient (Wildman–Crippen LogP) is 3.11. The Kier molecular flexibility index (Phi) is 4.11. The van der Waals surface area contributed by atoms with Crippen LogP contribution in [0, 0.1) is 0 Å². The number of hydrogen-bond acceptors (Lipinski definition) is 3. The van der Waals surface area contributed by atoms with Crippen LogP contribution in [0.2, 0.25) is 5.02 Å². The number of thioether (sulfide) groups is 1. The highest BCUT2D eigenvalue weighted by molar-refractivity contribution is 8.00. The summed E-state index contributed by atoms with van der Waals surface area (Å²) in [6, 6.07) is 1.97. The van der Waals surface area contributed by atoms with Gasteiger partial charge in [-0.25, -0.2) is 0 Å². The van der Waals surface area contributed by atoms with Crippen molar-refractivity contribution < 1.29 is 0 Å². The molecule has 0 radical (unpaired) electrons. The lowest BCUT2D eigenvalue weighted by Gasteiger charge is -2.23. The van der Waals surface area contributed by atoms with Crippen molar-refractivity contribution in [2.45, 2.75) is 31.1 Å². The molecule has 2 nitrogen and oxygen atoms in total. The average Bonchev–Trinajstić information content (AvgIpc) is 2.68. The molecule has 1 saturated heterocycles. The molecule has 1 atom stereocenters. The van der Waals surface area contributed by atoms with Crippen molar-refractivity contribution in [1.29, 1.82) is 0 Å². The van der Waals surface area contributed by atoms with E-state index in [0.717, 1.165) is 23.7 Å². The zero-order valence-electron chi connectivity index (χ0n) is 9.50. The van der Waals surface area contributed by atoms with Crippen molar-refractivity contribution in [3.8, 4) is 0 Å². The van der Waals surface area contributed by atoms with E-state index in [1.54, 1.807) is 12.4 Å². The molecule has 0 bridgehead atoms. The van der Waals surface area contributed by atoms with Gasteiger partial charge in [-0.2, -0.15) is 11.8 Å². The molecule has 1 aromatic rings. The minimum Gasteiger partial charge on any atom is -0.311 e. The predicted molar refractivity (Wildman–Crippen MR) is 71.1 cm³/mol. The quantitative estimate of drug-likeness (QED) is 0.896. The highest BCUT2D eigenvalue weighted by atomic mass is 35.5. The van der Waals surface area contributed by atoms with E-state index in [0.29, 0.717) is 4.75 Å². The summed E-state index contributed by atoms with van der Waals surface area (Å²) in [6.07, 6.45) is 6.15. The van der Waals surface area contributed by atoms with Gasteiger partial charge in [-0.3, -0.25) is 4.98 Å². The highest BCUT2D eigenvalue weighted by Crippen LogP contribution is 2.37. The monoisotopic (exact) mass is 256 g/mol. The second-order valence-corrected chi connectivity index (χ2v) is 6.56. The molecule has 1 unspecified atom stereocenters. The topological polar surface area (TPSA) is 24.9 Å². The third-order valence-electron chi connectivity index (χ3n) is 2.97. The number of nitrogens with one attached hydrogen (secondary N) is 1. The number of halogens is 1. The van der Waals surface area contributed by atoms with Crippen LogP contribution < -0.4 is 5.32 Å². The molecule has 88 valence electrons. The maximum absolute atomic E-state index is 6.05. The maximum atomic E-state index is 6.05. The van der Waals surface area contributed by atoms with Gasteiger partial charge in [0.2, 0.25) is 0 Å². The van der Waals surface area contributed by atoms with Crippen LogP contribution in [0.15, 0.2) is 18.5 Å². The summed E-state index contributed by atoms with van der Waals surface area (Å²) in [7, 11) is 0. The summed E-state index contributed by atoms with van der Waals surface area (Å²) in [5.41, 5.74) is 1.13. The maximum Gasteiger partial charge on any atom is 0.0634 e. The second kappa shape index (κ2) is 5.39. The normalized spacial score (nSPS) is 24.9. The highest BCUT2D eigenvalue weighted by Gasteiger charge is 2.28. The number of nitrogens with zero attached hydrogens (tertiary/aromatic N) is 1. The van der Waals surface area contributed by atoms with Crippen LogP contribution in [0.4, 0.5) is 0 Å². The third kappa shape index (κ3) is 3.12. The van der Waals surface area contributed by atoms with Crippen molar-refractivity contribution in [3.63, 3.8) is 0 Å². The third-order valence-corrected chi connectivity index (χ3v) is 4.85. The smallest absolute Gasteiger partial charge is 0.0634 e. The number of aromatic nitrogens is 1. The fraction of sp³-hybridized carbons (Fsp3) is 0.583. The van der Waals surface area contributed by atoms with Crippen molar-refractivity contribution in [1.82, 2.24) is 10.3 Å². The Morgan fingerprint density at radius 3 is 3.19 bits per heavy atom. The van der Waals surface area contributed by atoms with Gasteiger partial charge >= 0.3 is 0 Å². The first kappa shape index (κ1) is 12.2. The molecular formula is C12H17ClN2S. The first-order valence-corrected chi connectivity index (χ1v) is 6.99. The van der Waals surface area contributed by atoms with Crippen molar-refractivity contribution in [2.24, 2.45) is 0 Å². The molecule has 2 heterocycles. The summed E-state index contributed by atoms with van der Waals surface area (Å²) in [5.74, 6) is 1.30. The minimum atomic E-state index is 0.416. The standard InChI is InChI=1S/C12H17ClN2S/c1-12(4-2-6-16-12)9-15-7-10-3-5-14-8-11(10)13/h3,5,8,15H,2,4,6-7,9H2,1H3. The van der Waals surface area contributed by atoms with Crippen LogP contribution in [0.1, 0.15) is 25.3 Å². The largest absolute Gasteiger partial charge is 0.311 e. The van der Waals surface area contributed by atoms with E-state index in [9.17, 15) is 0 Å². The number of rotatable bonds is 4. The summed E-state index contributed by atoms with van der Waals surface area (Å²) in [4.78, 5) is 3.98. The van der Waals surface area contributed by atoms with Crippen LogP contribution in [-0.2, 0) is 6.54 Å². The molecule has 0 amide bonds. The molecule has 1 aliphatic heterocycles. The lowest BCUT2D eigenvalue weighted by Crippen LogP contribution is -2.32. The molecule has 0 saturated carbocycles. The van der Waals surface area contributed by atoms with Gasteiger partial charge in [-0.1, -0.05) is 11.6 Å². The Balaban J connectivity index is 1.82. The first-order chi connectivity index (χ1) is 7.70. The van der Waals surface area contributed by atoms with Gasteiger partial charge in [-0.05, 0) is 37.1 Å². The Labute approximate surface area is 106 Å². The average molecular weight is 257 g/mol. The number of hydrogen-bond donors (Lipinski definition) is 1. The van der Waals surface area contributed by atoms with Crippen LogP contribution in [0.3, 0.4) is 0 Å². The lowest BCUT2D eigenvalue weighted by atomic mass is 10.1. The lowest BCUT2D eigenvalue weighted by molar-refractivity contribution is 0.537. The van der Waals surface area contributed by atoms with Crippen molar-refractivity contribution in [2.75, 3.05) is 12.3 Å². The Morgan fingerprint density at radius 2 is 2.50 bits per heavy atom. The molecule has 16 heavy (non-hydrogen) atoms. The van der Waals surface area contributed by atoms with E-state index in [-0.39, 0.29) is 0 Å². The molecule has 4 heteroatoms. The minimum absolute atomic E-state index is 0.416. The van der Waals surface area contributed by atoms with Gasteiger partial charge in [0.25, 0.3) is 0 Å². The van der Waals surface area contributed by atoms with E-state index in [2.05, 4.69) is 29.0 Å². The summed E-state index contributed by atoms with van der Waals surface area (Å²) in [5, 5.41) is 4.24. The van der Waals surface area contributed by atoms with E-state index in [4.69, 9.17) is 11.6 Å². The molecule has 1 fully saturated rings. The molecule has 1 aromatic heterocycles. The Bertz CT molecular complexity index is 351. The van der Waals surface area contributed by atoms with E-state index in [1.165, 1.54) is 18.6 Å². The zero-order chi connectivity index (χ0) is 11.4. The molecule has 1 N–H and O–H groups in total. The molecule has 0 aromatic carbocycles. The molecular weight excluding hydrogens is 240 g/mol. The molecule has 0 spiro atoms. The Morgan fingerprint density at radius 1 is 1.62 bits per heavy atom. The van der Waals surface area contributed by atoms with Crippen molar-refractivity contribution >= 4 is 23.4 Å². The van der Waals surface area contributed by atoms with Gasteiger partial charge in [-0.15, -0.1) is 0 Å². The molecule has 1 aliphatic rings. The van der Waals surface area contributed by atoms with Gasteiger partial charge in [0.15, 0.2) is 0 Å². The van der Waals surface area contributed by atoms with Crippen LogP contribution >= 0.6 is 23.4 Å². The van der Waals surface area contributed by atoms with E-state index >= 15 is 0 Å². The van der Waals surface area contributed by atoms with Crippen LogP contribution in [-0.4, -0.2) is 22.0 Å². The molecule has 0 aliphatic carbocycles. The van der Waals surface area contributed by atoms with Gasteiger partial charge in [0.05, 0.1) is 5.02 Å². The Hall–Kier alpha value is -0.250. The van der Waals surface area contributed by atoms with Gasteiger partial charge in [0, 0.05) is 30.2 Å². The van der Waals surface area contributed by atoms with Gasteiger partial charge in [0.1, 0.15) is 0 Å². The zero-order valence-corrected chi connectivity index (χ0v) is 11.1. The van der Waals surface area contributed by atoms with Gasteiger partial charge < -0.3 is 5.32 Å². The van der Waals surface area contributed by atoms with Crippen molar-refractivity contribution in [3.05, 3.63) is 29.0 Å². The van der Waals surface area contributed by atoms with E-state index in [1.807, 2.05) is 6.07 Å². The number of pyridine rings is 1. The first-order valence-electron chi connectivity index (χ1n) is 5.63. The summed E-state index contributed by atoms with van der Waals surface area (Å²) in [6.45, 7) is 4.22. The SMILES string of the molecule is CC1(CNCc2ccncc2Cl)CCCS1.